The normalized spacial score (nSPS) is 11.1. The molecule has 1 amide bonds. The molecule has 224 valence electrons. The van der Waals surface area contributed by atoms with Gasteiger partial charge in [-0.05, 0) is 42.7 Å². The maximum absolute atomic E-state index is 12.5. The maximum atomic E-state index is 12.5. The third kappa shape index (κ3) is 13.7. The van der Waals surface area contributed by atoms with Crippen LogP contribution in [0.2, 0.25) is 0 Å². The van der Waals surface area contributed by atoms with Crippen LogP contribution in [0.15, 0.2) is 65.6 Å². The number of hydrogen-bond donors (Lipinski definition) is 0. The molecule has 0 unspecified atom stereocenters. The van der Waals surface area contributed by atoms with E-state index in [0.717, 1.165) is 37.4 Å². The second kappa shape index (κ2) is 20.3. The van der Waals surface area contributed by atoms with E-state index >= 15 is 0 Å². The molecule has 41 heavy (non-hydrogen) atoms. The van der Waals surface area contributed by atoms with Crippen molar-refractivity contribution in [3.05, 3.63) is 76.7 Å². The third-order valence-corrected chi connectivity index (χ3v) is 8.46. The molecule has 3 rings (SSSR count). The van der Waals surface area contributed by atoms with E-state index in [0.29, 0.717) is 6.54 Å². The zero-order valence-corrected chi connectivity index (χ0v) is 26.5. The summed E-state index contributed by atoms with van der Waals surface area (Å²) in [6.07, 6.45) is 22.0. The summed E-state index contributed by atoms with van der Waals surface area (Å²) in [4.78, 5) is 14.4. The van der Waals surface area contributed by atoms with Crippen molar-refractivity contribution in [1.29, 1.82) is 0 Å². The van der Waals surface area contributed by atoms with Gasteiger partial charge in [0.05, 0.1) is 12.0 Å². The van der Waals surface area contributed by atoms with E-state index in [9.17, 15) is 4.79 Å². The fraction of sp³-hybridized carbons (Fsp3) is 0.556. The lowest BCUT2D eigenvalue weighted by Gasteiger charge is -2.22. The summed E-state index contributed by atoms with van der Waals surface area (Å²) in [6.45, 7) is 6.16. The number of benzene rings is 2. The summed E-state index contributed by atoms with van der Waals surface area (Å²) < 4.78 is 8.24. The average Bonchev–Trinajstić information content (AvgIpc) is 3.48. The van der Waals surface area contributed by atoms with Gasteiger partial charge in [-0.15, -0.1) is 0 Å². The highest BCUT2D eigenvalue weighted by molar-refractivity contribution is 7.07. The van der Waals surface area contributed by atoms with Crippen molar-refractivity contribution in [2.24, 2.45) is 0 Å². The van der Waals surface area contributed by atoms with Gasteiger partial charge in [-0.3, -0.25) is 4.79 Å². The van der Waals surface area contributed by atoms with Crippen molar-refractivity contribution < 1.29 is 14.1 Å². The summed E-state index contributed by atoms with van der Waals surface area (Å²) in [5, 5.41) is 2.07. The zero-order valence-electron chi connectivity index (χ0n) is 25.7. The van der Waals surface area contributed by atoms with Gasteiger partial charge < -0.3 is 9.64 Å². The molecule has 0 atom stereocenters. The first kappa shape index (κ1) is 32.8. The molecule has 0 spiro atoms. The predicted molar refractivity (Wildman–Crippen MR) is 174 cm³/mol. The minimum Gasteiger partial charge on any atom is -0.494 e. The van der Waals surface area contributed by atoms with Crippen LogP contribution in [0.3, 0.4) is 0 Å². The molecule has 0 aliphatic carbocycles. The van der Waals surface area contributed by atoms with Gasteiger partial charge in [-0.1, -0.05) is 126 Å². The van der Waals surface area contributed by atoms with Crippen LogP contribution in [0.25, 0.3) is 0 Å². The van der Waals surface area contributed by atoms with Gasteiger partial charge >= 0.3 is 0 Å². The number of unbranched alkanes of at least 4 members (excludes halogenated alkanes) is 13. The Balaban J connectivity index is 1.29. The van der Waals surface area contributed by atoms with Crippen molar-refractivity contribution in [3.63, 3.8) is 0 Å². The molecule has 0 aliphatic heterocycles. The highest BCUT2D eigenvalue weighted by Gasteiger charge is 2.13. The molecule has 1 heterocycles. The fourth-order valence-electron chi connectivity index (χ4n) is 5.37. The molecule has 2 aromatic carbocycles. The summed E-state index contributed by atoms with van der Waals surface area (Å²) in [5.41, 5.74) is 5.44. The lowest BCUT2D eigenvalue weighted by atomic mass is 10.0. The third-order valence-electron chi connectivity index (χ3n) is 7.78. The van der Waals surface area contributed by atoms with Crippen LogP contribution in [-0.4, -0.2) is 19.1 Å². The lowest BCUT2D eigenvalue weighted by molar-refractivity contribution is -0.683. The van der Waals surface area contributed by atoms with Crippen molar-refractivity contribution in [2.45, 2.75) is 117 Å². The van der Waals surface area contributed by atoms with Crippen LogP contribution in [0.4, 0.5) is 5.69 Å². The highest BCUT2D eigenvalue weighted by Crippen LogP contribution is 2.20. The van der Waals surface area contributed by atoms with Gasteiger partial charge in [-0.25, -0.2) is 0 Å². The van der Waals surface area contributed by atoms with Crippen LogP contribution >= 0.6 is 11.3 Å². The Labute approximate surface area is 253 Å². The summed E-state index contributed by atoms with van der Waals surface area (Å²) in [5.74, 6) is 0.997. The minimum atomic E-state index is 0.0653. The number of carbonyl (C=O) groups is 1. The Kier molecular flexibility index (Phi) is 16.2. The molecule has 4 nitrogen and oxygen atoms in total. The average molecular weight is 578 g/mol. The van der Waals surface area contributed by atoms with Crippen molar-refractivity contribution >= 4 is 22.9 Å². The quantitative estimate of drug-likeness (QED) is 0.0880. The van der Waals surface area contributed by atoms with Gasteiger partial charge in [0.1, 0.15) is 5.75 Å². The van der Waals surface area contributed by atoms with Gasteiger partial charge in [0.15, 0.2) is 12.7 Å². The molecule has 3 aromatic rings. The van der Waals surface area contributed by atoms with Crippen LogP contribution in [0, 0.1) is 0 Å². The van der Waals surface area contributed by atoms with Crippen molar-refractivity contribution in [1.82, 2.24) is 0 Å². The number of amides is 1. The molecule has 5 heteroatoms. The Hall–Kier alpha value is -2.66. The second-order valence-electron chi connectivity index (χ2n) is 11.4. The van der Waals surface area contributed by atoms with Gasteiger partial charge in [0, 0.05) is 24.7 Å². The number of aromatic nitrogens is 1. The smallest absolute Gasteiger partial charge is 0.224 e. The predicted octanol–water partition coefficient (Wildman–Crippen LogP) is 9.54. The number of carbonyl (C=O) groups excluding carboxylic acids is 1. The number of ether oxygens (including phenoxy) is 1. The SMILES string of the molecule is CCCCCCCCCCCCCCCCOc1cccc(CCN(C(C)=O)c2cccc(C[n+]3ccsc3)c2)c1. The highest BCUT2D eigenvalue weighted by atomic mass is 32.1. The molecule has 1 aromatic heterocycles. The van der Waals surface area contributed by atoms with Crippen molar-refractivity contribution in [2.75, 3.05) is 18.1 Å². The zero-order chi connectivity index (χ0) is 29.0. The van der Waals surface area contributed by atoms with E-state index in [1.54, 1.807) is 18.3 Å². The van der Waals surface area contributed by atoms with Gasteiger partial charge in [-0.2, -0.15) is 4.57 Å². The van der Waals surface area contributed by atoms with E-state index in [1.165, 1.54) is 94.6 Å². The monoisotopic (exact) mass is 577 g/mol. The standard InChI is InChI=1S/C36H53N2O2S/c1-3-4-5-6-7-8-9-10-11-12-13-14-15-16-26-40-36-22-18-19-33(29-36)23-24-38(32(2)39)35-21-17-20-34(28-35)30-37-25-27-41-31-37/h17-22,25,27-29,31H,3-16,23-24,26,30H2,1-2H3/q+1. The first-order valence-electron chi connectivity index (χ1n) is 16.2. The first-order valence-corrected chi connectivity index (χ1v) is 17.1. The minimum absolute atomic E-state index is 0.0653. The Morgan fingerprint density at radius 2 is 1.44 bits per heavy atom. The first-order chi connectivity index (χ1) is 20.2. The Bertz CT molecular complexity index is 1100. The Morgan fingerprint density at radius 3 is 2.07 bits per heavy atom. The number of nitrogens with zero attached hydrogens (tertiary/aromatic N) is 2. The van der Waals surface area contributed by atoms with Gasteiger partial charge in [0.25, 0.3) is 0 Å². The van der Waals surface area contributed by atoms with Crippen LogP contribution in [0.5, 0.6) is 5.75 Å². The number of thiazole rings is 1. The molecule has 0 aliphatic rings. The van der Waals surface area contributed by atoms with E-state index in [-0.39, 0.29) is 5.91 Å². The van der Waals surface area contributed by atoms with Crippen molar-refractivity contribution in [3.8, 4) is 5.75 Å². The molecule has 0 N–H and O–H groups in total. The molecule has 0 saturated carbocycles. The number of rotatable bonds is 22. The van der Waals surface area contributed by atoms with E-state index in [1.807, 2.05) is 23.1 Å². The van der Waals surface area contributed by atoms with Crippen LogP contribution in [-0.2, 0) is 17.8 Å². The van der Waals surface area contributed by atoms with Crippen LogP contribution in [0.1, 0.15) is 115 Å². The maximum Gasteiger partial charge on any atom is 0.224 e. The fourth-order valence-corrected chi connectivity index (χ4v) is 5.97. The molecule has 0 fully saturated rings. The van der Waals surface area contributed by atoms with E-state index < -0.39 is 0 Å². The topological polar surface area (TPSA) is 33.4 Å². The van der Waals surface area contributed by atoms with Crippen LogP contribution < -0.4 is 14.2 Å². The molecule has 0 radical (unpaired) electrons. The molecule has 0 saturated heterocycles. The summed E-state index contributed by atoms with van der Waals surface area (Å²) >= 11 is 1.68. The van der Waals surface area contributed by atoms with E-state index in [2.05, 4.69) is 58.9 Å². The largest absolute Gasteiger partial charge is 0.494 e. The molecular formula is C36H53N2O2S+. The number of hydrogen-bond acceptors (Lipinski definition) is 3. The number of anilines is 1. The van der Waals surface area contributed by atoms with Gasteiger partial charge in [0.2, 0.25) is 11.4 Å². The summed E-state index contributed by atoms with van der Waals surface area (Å²) in [6, 6.07) is 16.7. The second-order valence-corrected chi connectivity index (χ2v) is 12.1. The molecule has 0 bridgehead atoms. The van der Waals surface area contributed by atoms with E-state index in [4.69, 9.17) is 4.74 Å². The lowest BCUT2D eigenvalue weighted by Crippen LogP contribution is -2.32. The molecular weight excluding hydrogens is 524 g/mol. The summed E-state index contributed by atoms with van der Waals surface area (Å²) in [7, 11) is 0. The Morgan fingerprint density at radius 1 is 0.805 bits per heavy atom.